The molecule has 3 aromatic rings. The van der Waals surface area contributed by atoms with E-state index in [9.17, 15) is 0 Å². The number of thiophene rings is 1. The van der Waals surface area contributed by atoms with Gasteiger partial charge in [0, 0.05) is 0 Å². The minimum atomic E-state index is 0.323. The van der Waals surface area contributed by atoms with Crippen molar-refractivity contribution in [3.05, 3.63) is 82.7 Å². The molecule has 0 spiro atoms. The molecule has 2 heteroatoms. The quantitative estimate of drug-likeness (QED) is 0.601. The molecular weight excluding hydrogens is 352 g/mol. The second-order valence-electron chi connectivity index (χ2n) is 5.72. The third kappa shape index (κ3) is 2.39. The number of hydrogen-bond acceptors (Lipinski definition) is 1. The van der Waals surface area contributed by atoms with E-state index in [-0.39, 0.29) is 0 Å². The van der Waals surface area contributed by atoms with E-state index in [1.54, 1.807) is 35.8 Å². The van der Waals surface area contributed by atoms with Crippen LogP contribution in [-0.4, -0.2) is 0 Å². The van der Waals surface area contributed by atoms with Gasteiger partial charge < -0.3 is 0 Å². The van der Waals surface area contributed by atoms with Crippen LogP contribution < -0.4 is 0 Å². The summed E-state index contributed by atoms with van der Waals surface area (Å²) >= 11 is 3.47. The van der Waals surface area contributed by atoms with E-state index in [0.29, 0.717) is 3.12 Å². The normalized spacial score (nSPS) is 20.3. The third-order valence-electron chi connectivity index (χ3n) is 4.36. The van der Waals surface area contributed by atoms with Gasteiger partial charge in [0.05, 0.1) is 0 Å². The van der Waals surface area contributed by atoms with Gasteiger partial charge in [-0.3, -0.25) is 0 Å². The van der Waals surface area contributed by atoms with Gasteiger partial charge in [-0.25, -0.2) is 0 Å². The first-order valence-corrected chi connectivity index (χ1v) is 9.32. The Morgan fingerprint density at radius 2 is 1.71 bits per heavy atom. The Morgan fingerprint density at radius 3 is 2.48 bits per heavy atom. The van der Waals surface area contributed by atoms with Gasteiger partial charge in [0.2, 0.25) is 0 Å². The molecule has 0 radical (unpaired) electrons. The van der Waals surface area contributed by atoms with Crippen LogP contribution in [0.4, 0.5) is 0 Å². The number of rotatable bonds is 2. The molecular formula is C19H15SZr. The molecule has 0 aliphatic heterocycles. The Balaban J connectivity index is 1.79. The number of benzene rings is 2. The fourth-order valence-electron chi connectivity index (χ4n) is 3.32. The molecule has 4 rings (SSSR count). The summed E-state index contributed by atoms with van der Waals surface area (Å²) in [5.41, 5.74) is 6.06. The maximum atomic E-state index is 2.32. The third-order valence-corrected chi connectivity index (χ3v) is 6.84. The maximum absolute atomic E-state index is 2.32. The molecule has 0 nitrogen and oxygen atoms in total. The fraction of sp³-hybridized carbons (Fsp3) is 0.158. The van der Waals surface area contributed by atoms with Crippen molar-refractivity contribution in [3.8, 4) is 10.4 Å². The molecule has 0 bridgehead atoms. The molecule has 0 saturated carbocycles. The van der Waals surface area contributed by atoms with Crippen LogP contribution in [0.3, 0.4) is 0 Å². The van der Waals surface area contributed by atoms with Gasteiger partial charge in [-0.1, -0.05) is 0 Å². The Kier molecular flexibility index (Phi) is 3.47. The molecule has 0 fully saturated rings. The summed E-state index contributed by atoms with van der Waals surface area (Å²) in [6, 6.07) is 22.3. The van der Waals surface area contributed by atoms with Crippen molar-refractivity contribution in [2.24, 2.45) is 0 Å². The summed E-state index contributed by atoms with van der Waals surface area (Å²) in [6.45, 7) is 0. The zero-order valence-corrected chi connectivity index (χ0v) is 14.9. The molecule has 0 N–H and O–H groups in total. The van der Waals surface area contributed by atoms with E-state index in [0.717, 1.165) is 0 Å². The van der Waals surface area contributed by atoms with Crippen molar-refractivity contribution >= 4 is 11.3 Å². The fourth-order valence-corrected chi connectivity index (χ4v) is 5.41. The van der Waals surface area contributed by atoms with Gasteiger partial charge in [-0.05, 0) is 0 Å². The second kappa shape index (κ2) is 5.34. The van der Waals surface area contributed by atoms with Gasteiger partial charge in [-0.15, -0.1) is 0 Å². The van der Waals surface area contributed by atoms with Gasteiger partial charge in [0.25, 0.3) is 0 Å². The van der Waals surface area contributed by atoms with Crippen LogP contribution in [0.2, 0.25) is 0 Å². The van der Waals surface area contributed by atoms with E-state index >= 15 is 0 Å². The Morgan fingerprint density at radius 1 is 0.857 bits per heavy atom. The summed E-state index contributed by atoms with van der Waals surface area (Å²) in [5.74, 6) is 0. The van der Waals surface area contributed by atoms with E-state index < -0.39 is 0 Å². The predicted molar refractivity (Wildman–Crippen MR) is 85.3 cm³/mol. The van der Waals surface area contributed by atoms with Crippen molar-refractivity contribution in [1.82, 2.24) is 0 Å². The number of hydrogen-bond donors (Lipinski definition) is 0. The van der Waals surface area contributed by atoms with E-state index in [1.165, 1.54) is 28.8 Å². The van der Waals surface area contributed by atoms with Crippen molar-refractivity contribution in [3.63, 3.8) is 0 Å². The molecule has 1 atom stereocenters. The van der Waals surface area contributed by atoms with Crippen LogP contribution >= 0.6 is 11.3 Å². The zero-order chi connectivity index (χ0) is 14.3. The molecule has 101 valence electrons. The summed E-state index contributed by atoms with van der Waals surface area (Å²) < 4.78 is 0.323. The second-order valence-corrected chi connectivity index (χ2v) is 9.02. The van der Waals surface area contributed by atoms with Crippen molar-refractivity contribution in [2.75, 3.05) is 0 Å². The topological polar surface area (TPSA) is 0 Å². The molecule has 1 heterocycles. The zero-order valence-electron chi connectivity index (χ0n) is 11.7. The summed E-state index contributed by atoms with van der Waals surface area (Å²) in [7, 11) is 0. The Labute approximate surface area is 144 Å². The molecule has 1 aliphatic rings. The first-order valence-electron chi connectivity index (χ1n) is 7.21. The molecule has 1 aromatic heterocycles. The molecule has 1 unspecified atom stereocenters. The van der Waals surface area contributed by atoms with Crippen LogP contribution in [0.5, 0.6) is 0 Å². The van der Waals surface area contributed by atoms with Crippen LogP contribution in [0.1, 0.15) is 16.7 Å². The average Bonchev–Trinajstić information content (AvgIpc) is 3.14. The first-order chi connectivity index (χ1) is 10.3. The van der Waals surface area contributed by atoms with Gasteiger partial charge >= 0.3 is 145 Å². The Bertz CT molecular complexity index is 762. The van der Waals surface area contributed by atoms with Crippen LogP contribution in [0.25, 0.3) is 10.4 Å². The molecule has 21 heavy (non-hydrogen) atoms. The summed E-state index contributed by atoms with van der Waals surface area (Å²) in [5, 5.41) is 2.17. The van der Waals surface area contributed by atoms with Crippen molar-refractivity contribution in [2.45, 2.75) is 16.0 Å². The summed E-state index contributed by atoms with van der Waals surface area (Å²) in [4.78, 5) is 1.40. The monoisotopic (exact) mass is 365 g/mol. The van der Waals surface area contributed by atoms with Gasteiger partial charge in [0.15, 0.2) is 0 Å². The minimum absolute atomic E-state index is 0.323. The molecule has 0 amide bonds. The number of fused-ring (bicyclic) bond motifs is 1. The summed E-state index contributed by atoms with van der Waals surface area (Å²) in [6.07, 6.45) is 2.36. The van der Waals surface area contributed by atoms with Crippen LogP contribution in [0, 0.1) is 0 Å². The van der Waals surface area contributed by atoms with Crippen LogP contribution in [-0.2, 0) is 40.7 Å². The molecule has 2 aromatic carbocycles. The average molecular weight is 367 g/mol. The van der Waals surface area contributed by atoms with Crippen LogP contribution in [0.15, 0.2) is 66.0 Å². The van der Waals surface area contributed by atoms with E-state index in [2.05, 4.69) is 66.0 Å². The van der Waals surface area contributed by atoms with Crippen molar-refractivity contribution in [1.29, 1.82) is 0 Å². The standard InChI is InChI=1S/C19H15S.Zr/c1-2-6-14(7-3-1)16-12-15-8-4-9-17(18(15)13-16)19-10-5-11-20-19;/h1-11H,12-13H2;. The van der Waals surface area contributed by atoms with Gasteiger partial charge in [-0.2, -0.15) is 0 Å². The first kappa shape index (κ1) is 13.7. The van der Waals surface area contributed by atoms with Gasteiger partial charge in [0.1, 0.15) is 0 Å². The van der Waals surface area contributed by atoms with E-state index in [4.69, 9.17) is 0 Å². The van der Waals surface area contributed by atoms with Crippen molar-refractivity contribution < 1.29 is 24.7 Å². The Hall–Kier alpha value is -0.977. The molecule has 1 aliphatic carbocycles. The van der Waals surface area contributed by atoms with E-state index in [1.807, 2.05) is 11.3 Å². The SMILES string of the molecule is [Zr][C]1(c2ccccc2)Cc2cccc(-c3cccs3)c2C1. The molecule has 0 saturated heterocycles. The predicted octanol–water partition coefficient (Wildman–Crippen LogP) is 4.96.